The molecule has 0 atom stereocenters. The Bertz CT molecular complexity index is 17.1. The Labute approximate surface area is 92.6 Å². The predicted molar refractivity (Wildman–Crippen MR) is 11.4 cm³/mol. The first kappa shape index (κ1) is 15.8. The molecule has 0 rings (SSSR count). The van der Waals surface area contributed by atoms with E-state index in [1.54, 1.807) is 0 Å². The van der Waals surface area contributed by atoms with Crippen LogP contribution in [-0.4, -0.2) is 6.29 Å². The van der Waals surface area contributed by atoms with Gasteiger partial charge in [-0.1, -0.05) is 0 Å². The first-order valence-electron chi connectivity index (χ1n) is 0.644. The summed E-state index contributed by atoms with van der Waals surface area (Å²) in [4.78, 5) is 8.69. The number of carbonyl (C=O) groups excluding carboxylic acids is 1. The van der Waals surface area contributed by atoms with E-state index in [1.807, 2.05) is 0 Å². The zero-order valence-electron chi connectivity index (χ0n) is 3.14. The van der Waals surface area contributed by atoms with Crippen molar-refractivity contribution in [1.82, 2.24) is 0 Å². The van der Waals surface area contributed by atoms with Crippen molar-refractivity contribution in [1.29, 1.82) is 0 Å². The molecule has 0 spiro atoms. The van der Waals surface area contributed by atoms with Crippen molar-refractivity contribution in [2.45, 2.75) is 0 Å². The van der Waals surface area contributed by atoms with Crippen molar-refractivity contribution >= 4 is 6.29 Å². The zero-order valence-corrected chi connectivity index (χ0v) is 9.45. The second kappa shape index (κ2) is 16.8. The molecule has 0 aliphatic rings. The molecule has 0 unspecified atom stereocenters. The molecule has 0 fully saturated rings. The molecule has 0 amide bonds. The molecule has 1 nitrogen and oxygen atoms in total. The molecule has 0 aliphatic carbocycles. The van der Waals surface area contributed by atoms with Crippen molar-refractivity contribution in [3.05, 3.63) is 6.92 Å². The molecule has 0 aromatic carbocycles. The summed E-state index contributed by atoms with van der Waals surface area (Å²) in [5.74, 6) is 0. The minimum absolute atomic E-state index is 0. The monoisotopic (exact) mass is 179 g/mol. The van der Waals surface area contributed by atoms with E-state index < -0.39 is 0 Å². The van der Waals surface area contributed by atoms with Gasteiger partial charge in [0.2, 0.25) is 0 Å². The maximum absolute atomic E-state index is 8.69. The molecule has 0 aliphatic heterocycles. The standard InChI is InChI=1S/C2H3O.Rb.V/c1-2-3;;/h2H,1H2;;/q-1;+1;. The number of carbonyl (C=O) groups is 1. The number of aldehydes is 1. The summed E-state index contributed by atoms with van der Waals surface area (Å²) in [5, 5.41) is 0. The van der Waals surface area contributed by atoms with Crippen molar-refractivity contribution in [3.8, 4) is 0 Å². The Balaban J connectivity index is -0.0000000200. The summed E-state index contributed by atoms with van der Waals surface area (Å²) in [6.45, 7) is 2.81. The van der Waals surface area contributed by atoms with Crippen LogP contribution in [0.2, 0.25) is 0 Å². The van der Waals surface area contributed by atoms with Crippen LogP contribution in [0.5, 0.6) is 0 Å². The molecule has 0 aromatic heterocycles. The smallest absolute Gasteiger partial charge is 0.343 e. The maximum atomic E-state index is 8.69. The fourth-order valence-corrected chi connectivity index (χ4v) is 0. The molecule has 3 heteroatoms. The summed E-state index contributed by atoms with van der Waals surface area (Å²) in [6, 6.07) is 0. The van der Waals surface area contributed by atoms with Crippen LogP contribution in [0.15, 0.2) is 0 Å². The fraction of sp³-hybridized carbons (Fsp3) is 0. The Morgan fingerprint density at radius 3 is 1.60 bits per heavy atom. The summed E-state index contributed by atoms with van der Waals surface area (Å²) >= 11 is 0. The van der Waals surface area contributed by atoms with Crippen LogP contribution in [0.25, 0.3) is 0 Å². The largest absolute Gasteiger partial charge is 1.00 e. The average molecular weight is 179 g/mol. The fourth-order valence-electron chi connectivity index (χ4n) is 0. The van der Waals surface area contributed by atoms with E-state index in [-0.39, 0.29) is 76.7 Å². The quantitative estimate of drug-likeness (QED) is 0.287. The number of hydrogen-bond donors (Lipinski definition) is 0. The third-order valence-corrected chi connectivity index (χ3v) is 0. The molecule has 0 saturated heterocycles. The Morgan fingerprint density at radius 2 is 1.60 bits per heavy atom. The third kappa shape index (κ3) is 24.6. The minimum atomic E-state index is 0. The first-order valence-corrected chi connectivity index (χ1v) is 0.644. The van der Waals surface area contributed by atoms with Crippen molar-refractivity contribution in [2.75, 3.05) is 0 Å². The van der Waals surface area contributed by atoms with Gasteiger partial charge in [0, 0.05) is 18.6 Å². The van der Waals surface area contributed by atoms with Crippen LogP contribution < -0.4 is 58.2 Å². The Hall–Kier alpha value is 1.93. The van der Waals surface area contributed by atoms with E-state index in [9.17, 15) is 0 Å². The van der Waals surface area contributed by atoms with Gasteiger partial charge >= 0.3 is 58.2 Å². The topological polar surface area (TPSA) is 17.1 Å². The van der Waals surface area contributed by atoms with Crippen molar-refractivity contribution < 1.29 is 81.5 Å². The van der Waals surface area contributed by atoms with Gasteiger partial charge in [0.15, 0.2) is 0 Å². The SMILES string of the molecule is [CH2-]C=O.[Rb+].[V]. The molecule has 0 aromatic rings. The minimum Gasteiger partial charge on any atom is -0.343 e. The molecule has 0 heterocycles. The molecule has 23 valence electrons. The summed E-state index contributed by atoms with van der Waals surface area (Å²) in [6.07, 6.45) is 0.500. The van der Waals surface area contributed by atoms with Gasteiger partial charge in [-0.05, 0) is 6.29 Å². The summed E-state index contributed by atoms with van der Waals surface area (Å²) in [7, 11) is 0. The van der Waals surface area contributed by atoms with Crippen LogP contribution >= 0.6 is 0 Å². The van der Waals surface area contributed by atoms with Crippen LogP contribution in [0, 0.1) is 6.92 Å². The molecule has 1 radical (unpaired) electrons. The average Bonchev–Trinajstić information content (AvgIpc) is 0.918. The van der Waals surface area contributed by atoms with E-state index in [4.69, 9.17) is 4.79 Å². The van der Waals surface area contributed by atoms with Gasteiger partial charge in [-0.15, -0.1) is 0 Å². The van der Waals surface area contributed by atoms with E-state index in [1.165, 1.54) is 0 Å². The normalized spacial score (nSPS) is 2.40. The summed E-state index contributed by atoms with van der Waals surface area (Å²) in [5.41, 5.74) is 0. The molecule has 0 saturated carbocycles. The van der Waals surface area contributed by atoms with E-state index in [0.29, 0.717) is 6.29 Å². The molecular formula is C2H3ORbV. The van der Waals surface area contributed by atoms with Crippen molar-refractivity contribution in [2.24, 2.45) is 0 Å². The van der Waals surface area contributed by atoms with E-state index >= 15 is 0 Å². The predicted octanol–water partition coefficient (Wildman–Crippen LogP) is -2.98. The van der Waals surface area contributed by atoms with Gasteiger partial charge in [-0.25, -0.2) is 0 Å². The van der Waals surface area contributed by atoms with E-state index in [0.717, 1.165) is 0 Å². The molecular weight excluding hydrogens is 176 g/mol. The van der Waals surface area contributed by atoms with Crippen LogP contribution in [0.1, 0.15) is 0 Å². The summed E-state index contributed by atoms with van der Waals surface area (Å²) < 4.78 is 0. The van der Waals surface area contributed by atoms with Crippen molar-refractivity contribution in [3.63, 3.8) is 0 Å². The third-order valence-electron chi connectivity index (χ3n) is 0. The number of rotatable bonds is 0. The maximum Gasteiger partial charge on any atom is 1.00 e. The van der Waals surface area contributed by atoms with Gasteiger partial charge in [-0.2, -0.15) is 0 Å². The van der Waals surface area contributed by atoms with Gasteiger partial charge < -0.3 is 11.7 Å². The molecule has 5 heavy (non-hydrogen) atoms. The second-order valence-electron chi connectivity index (χ2n) is 0.167. The first-order chi connectivity index (χ1) is 1.41. The molecule has 0 bridgehead atoms. The zero-order chi connectivity index (χ0) is 2.71. The molecule has 0 N–H and O–H groups in total. The van der Waals surface area contributed by atoms with Gasteiger partial charge in [0.1, 0.15) is 0 Å². The van der Waals surface area contributed by atoms with Crippen LogP contribution in [0.3, 0.4) is 0 Å². The number of hydrogen-bond acceptors (Lipinski definition) is 1. The Morgan fingerprint density at radius 1 is 1.60 bits per heavy atom. The second-order valence-corrected chi connectivity index (χ2v) is 0.167. The van der Waals surface area contributed by atoms with Gasteiger partial charge in [0.05, 0.1) is 0 Å². The van der Waals surface area contributed by atoms with Gasteiger partial charge in [-0.3, -0.25) is 0 Å². The Kier molecular flexibility index (Phi) is 53.0. The van der Waals surface area contributed by atoms with E-state index in [2.05, 4.69) is 6.92 Å². The van der Waals surface area contributed by atoms with Gasteiger partial charge in [0.25, 0.3) is 0 Å². The van der Waals surface area contributed by atoms with Crippen LogP contribution in [0.4, 0.5) is 0 Å². The van der Waals surface area contributed by atoms with Crippen LogP contribution in [-0.2, 0) is 23.4 Å².